The lowest BCUT2D eigenvalue weighted by molar-refractivity contribution is -0.384. The first-order valence-electron chi connectivity index (χ1n) is 6.58. The summed E-state index contributed by atoms with van der Waals surface area (Å²) < 4.78 is 5.04. The molecule has 0 saturated heterocycles. The van der Waals surface area contributed by atoms with Crippen LogP contribution in [0.15, 0.2) is 24.3 Å². The van der Waals surface area contributed by atoms with Gasteiger partial charge in [-0.15, -0.1) is 11.3 Å². The summed E-state index contributed by atoms with van der Waals surface area (Å²) in [7, 11) is 1.49. The average Bonchev–Trinajstić information content (AvgIpc) is 2.78. The molecule has 1 aromatic carbocycles. The van der Waals surface area contributed by atoms with Crippen LogP contribution in [0.2, 0.25) is 0 Å². The minimum absolute atomic E-state index is 0.00189. The Labute approximate surface area is 127 Å². The molecular formula is C15H18N2O3S. The van der Waals surface area contributed by atoms with Gasteiger partial charge in [0.1, 0.15) is 11.4 Å². The number of anilines is 1. The molecule has 0 spiro atoms. The van der Waals surface area contributed by atoms with Gasteiger partial charge in [-0.2, -0.15) is 0 Å². The molecule has 5 nitrogen and oxygen atoms in total. The Morgan fingerprint density at radius 1 is 1.33 bits per heavy atom. The monoisotopic (exact) mass is 306 g/mol. The predicted octanol–water partition coefficient (Wildman–Crippen LogP) is 4.45. The number of nitrogens with zero attached hydrogens (tertiary/aromatic N) is 1. The van der Waals surface area contributed by atoms with E-state index >= 15 is 0 Å². The van der Waals surface area contributed by atoms with E-state index in [4.69, 9.17) is 4.74 Å². The van der Waals surface area contributed by atoms with E-state index in [0.29, 0.717) is 11.4 Å². The Balaban J connectivity index is 2.30. The SMILES string of the molecule is COc1ccc(NC(C)c2cc(C)sc2C)c([N+](=O)[O-])c1. The molecule has 2 rings (SSSR count). The van der Waals surface area contributed by atoms with Gasteiger partial charge in [0, 0.05) is 15.8 Å². The topological polar surface area (TPSA) is 64.4 Å². The Bertz CT molecular complexity index is 667. The fourth-order valence-corrected chi connectivity index (χ4v) is 3.33. The molecule has 112 valence electrons. The van der Waals surface area contributed by atoms with Crippen LogP contribution >= 0.6 is 11.3 Å². The van der Waals surface area contributed by atoms with E-state index in [9.17, 15) is 10.1 Å². The minimum Gasteiger partial charge on any atom is -0.496 e. The van der Waals surface area contributed by atoms with Gasteiger partial charge in [-0.1, -0.05) is 0 Å². The molecular weight excluding hydrogens is 288 g/mol. The summed E-state index contributed by atoms with van der Waals surface area (Å²) in [5.74, 6) is 0.475. The predicted molar refractivity (Wildman–Crippen MR) is 85.5 cm³/mol. The van der Waals surface area contributed by atoms with Crippen LogP contribution in [0.5, 0.6) is 5.75 Å². The third-order valence-electron chi connectivity index (χ3n) is 3.32. The Morgan fingerprint density at radius 3 is 2.57 bits per heavy atom. The van der Waals surface area contributed by atoms with Crippen molar-refractivity contribution in [1.29, 1.82) is 0 Å². The zero-order valence-electron chi connectivity index (χ0n) is 12.5. The Morgan fingerprint density at radius 2 is 2.05 bits per heavy atom. The van der Waals surface area contributed by atoms with Gasteiger partial charge in [-0.3, -0.25) is 10.1 Å². The smallest absolute Gasteiger partial charge is 0.296 e. The minimum atomic E-state index is -0.400. The summed E-state index contributed by atoms with van der Waals surface area (Å²) in [4.78, 5) is 13.3. The van der Waals surface area contributed by atoms with E-state index in [1.807, 2.05) is 6.92 Å². The maximum atomic E-state index is 11.2. The molecule has 1 heterocycles. The van der Waals surface area contributed by atoms with E-state index in [2.05, 4.69) is 25.2 Å². The van der Waals surface area contributed by atoms with Crippen LogP contribution in [0, 0.1) is 24.0 Å². The van der Waals surface area contributed by atoms with Crippen molar-refractivity contribution in [3.63, 3.8) is 0 Å². The van der Waals surface area contributed by atoms with Crippen molar-refractivity contribution in [2.24, 2.45) is 0 Å². The maximum Gasteiger partial charge on any atom is 0.296 e. The number of hydrogen-bond acceptors (Lipinski definition) is 5. The molecule has 1 N–H and O–H groups in total. The van der Waals surface area contributed by atoms with Gasteiger partial charge in [-0.05, 0) is 44.5 Å². The largest absolute Gasteiger partial charge is 0.496 e. The molecule has 1 aromatic heterocycles. The second-order valence-corrected chi connectivity index (χ2v) is 6.34. The van der Waals surface area contributed by atoms with Crippen LogP contribution in [-0.2, 0) is 0 Å². The number of nitro groups is 1. The lowest BCUT2D eigenvalue weighted by atomic mass is 10.1. The third kappa shape index (κ3) is 3.33. The summed E-state index contributed by atoms with van der Waals surface area (Å²) in [5, 5.41) is 14.4. The highest BCUT2D eigenvalue weighted by Crippen LogP contribution is 2.33. The molecule has 2 aromatic rings. The van der Waals surface area contributed by atoms with E-state index in [-0.39, 0.29) is 11.7 Å². The summed E-state index contributed by atoms with van der Waals surface area (Å²) in [5.41, 5.74) is 1.69. The molecule has 21 heavy (non-hydrogen) atoms. The van der Waals surface area contributed by atoms with E-state index in [1.165, 1.54) is 28.5 Å². The second kappa shape index (κ2) is 6.13. The lowest BCUT2D eigenvalue weighted by Gasteiger charge is -2.16. The summed E-state index contributed by atoms with van der Waals surface area (Å²) >= 11 is 1.73. The standard InChI is InChI=1S/C15H18N2O3S/c1-9-7-13(11(3)21-9)10(2)16-14-6-5-12(20-4)8-15(14)17(18)19/h5-8,10,16H,1-4H3. The van der Waals surface area contributed by atoms with E-state index < -0.39 is 4.92 Å². The van der Waals surface area contributed by atoms with Crippen molar-refractivity contribution >= 4 is 22.7 Å². The van der Waals surface area contributed by atoms with Gasteiger partial charge >= 0.3 is 0 Å². The number of thiophene rings is 1. The van der Waals surface area contributed by atoms with Gasteiger partial charge in [0.25, 0.3) is 5.69 Å². The molecule has 0 aliphatic heterocycles. The van der Waals surface area contributed by atoms with E-state index in [0.717, 1.165) is 0 Å². The highest BCUT2D eigenvalue weighted by atomic mass is 32.1. The zero-order chi connectivity index (χ0) is 15.6. The molecule has 1 atom stereocenters. The van der Waals surface area contributed by atoms with Gasteiger partial charge in [-0.25, -0.2) is 0 Å². The highest BCUT2D eigenvalue weighted by Gasteiger charge is 2.18. The Kier molecular flexibility index (Phi) is 4.47. The third-order valence-corrected chi connectivity index (χ3v) is 4.30. The van der Waals surface area contributed by atoms with Gasteiger partial charge < -0.3 is 10.1 Å². The summed E-state index contributed by atoms with van der Waals surface area (Å²) in [6.07, 6.45) is 0. The van der Waals surface area contributed by atoms with Crippen molar-refractivity contribution in [2.45, 2.75) is 26.8 Å². The van der Waals surface area contributed by atoms with Crippen molar-refractivity contribution < 1.29 is 9.66 Å². The number of nitro benzene ring substituents is 1. The van der Waals surface area contributed by atoms with Crippen LogP contribution in [-0.4, -0.2) is 12.0 Å². The molecule has 0 saturated carbocycles. The first kappa shape index (κ1) is 15.3. The molecule has 0 aliphatic carbocycles. The average molecular weight is 306 g/mol. The molecule has 0 bridgehead atoms. The van der Waals surface area contributed by atoms with Crippen molar-refractivity contribution in [3.05, 3.63) is 49.7 Å². The van der Waals surface area contributed by atoms with Crippen LogP contribution < -0.4 is 10.1 Å². The van der Waals surface area contributed by atoms with Crippen LogP contribution in [0.4, 0.5) is 11.4 Å². The molecule has 0 aliphatic rings. The van der Waals surface area contributed by atoms with Crippen LogP contribution in [0.25, 0.3) is 0 Å². The lowest BCUT2D eigenvalue weighted by Crippen LogP contribution is -2.08. The number of benzene rings is 1. The van der Waals surface area contributed by atoms with E-state index in [1.54, 1.807) is 23.5 Å². The number of methoxy groups -OCH3 is 1. The maximum absolute atomic E-state index is 11.2. The number of nitrogens with one attached hydrogen (secondary N) is 1. The van der Waals surface area contributed by atoms with Gasteiger partial charge in [0.2, 0.25) is 0 Å². The zero-order valence-corrected chi connectivity index (χ0v) is 13.3. The number of hydrogen-bond donors (Lipinski definition) is 1. The first-order chi connectivity index (χ1) is 9.92. The quantitative estimate of drug-likeness (QED) is 0.654. The summed E-state index contributed by atoms with van der Waals surface area (Å²) in [6, 6.07) is 6.95. The van der Waals surface area contributed by atoms with Crippen molar-refractivity contribution in [2.75, 3.05) is 12.4 Å². The molecule has 1 unspecified atom stereocenters. The second-order valence-electron chi connectivity index (χ2n) is 4.87. The van der Waals surface area contributed by atoms with Crippen molar-refractivity contribution in [3.8, 4) is 5.75 Å². The first-order valence-corrected chi connectivity index (χ1v) is 7.40. The summed E-state index contributed by atoms with van der Waals surface area (Å²) in [6.45, 7) is 6.12. The fraction of sp³-hybridized carbons (Fsp3) is 0.333. The Hall–Kier alpha value is -2.08. The van der Waals surface area contributed by atoms with Gasteiger partial charge in [0.05, 0.1) is 18.1 Å². The molecule has 0 radical (unpaired) electrons. The van der Waals surface area contributed by atoms with Crippen molar-refractivity contribution in [1.82, 2.24) is 0 Å². The number of aryl methyl sites for hydroxylation is 2. The number of ether oxygens (including phenoxy) is 1. The highest BCUT2D eigenvalue weighted by molar-refractivity contribution is 7.12. The molecule has 6 heteroatoms. The van der Waals surface area contributed by atoms with Gasteiger partial charge in [0.15, 0.2) is 0 Å². The van der Waals surface area contributed by atoms with Crippen LogP contribution in [0.1, 0.15) is 28.3 Å². The fourth-order valence-electron chi connectivity index (χ4n) is 2.30. The normalized spacial score (nSPS) is 12.0. The molecule has 0 fully saturated rings. The molecule has 0 amide bonds. The number of rotatable bonds is 5. The van der Waals surface area contributed by atoms with Crippen LogP contribution in [0.3, 0.4) is 0 Å².